The summed E-state index contributed by atoms with van der Waals surface area (Å²) in [6.45, 7) is 2.93. The summed E-state index contributed by atoms with van der Waals surface area (Å²) in [7, 11) is 0. The first-order valence-corrected chi connectivity index (χ1v) is 5.17. The van der Waals surface area contributed by atoms with Crippen molar-refractivity contribution in [3.05, 3.63) is 35.6 Å². The van der Waals surface area contributed by atoms with Crippen LogP contribution in [0.5, 0.6) is 0 Å². The van der Waals surface area contributed by atoms with Crippen molar-refractivity contribution in [2.75, 3.05) is 0 Å². The highest BCUT2D eigenvalue weighted by Gasteiger charge is 2.26. The molecule has 2 N–H and O–H groups in total. The SMILES string of the molecule is CC(=O)N[C@H](C(=O)O)[C@@H](C)c1ccc(F)cc1. The predicted octanol–water partition coefficient (Wildman–Crippen LogP) is 1.52. The Morgan fingerprint density at radius 1 is 1.29 bits per heavy atom. The highest BCUT2D eigenvalue weighted by Crippen LogP contribution is 2.19. The molecule has 0 saturated carbocycles. The molecule has 0 aliphatic carbocycles. The second kappa shape index (κ2) is 5.43. The first-order chi connectivity index (χ1) is 7.91. The van der Waals surface area contributed by atoms with Crippen LogP contribution in [0, 0.1) is 5.82 Å². The van der Waals surface area contributed by atoms with E-state index in [4.69, 9.17) is 5.11 Å². The molecule has 0 saturated heterocycles. The van der Waals surface area contributed by atoms with E-state index in [2.05, 4.69) is 5.32 Å². The Morgan fingerprint density at radius 2 is 1.82 bits per heavy atom. The van der Waals surface area contributed by atoms with Gasteiger partial charge in [0.2, 0.25) is 5.91 Å². The van der Waals surface area contributed by atoms with Crippen molar-refractivity contribution >= 4 is 11.9 Å². The third-order valence-corrected chi connectivity index (χ3v) is 2.52. The Morgan fingerprint density at radius 3 is 2.24 bits per heavy atom. The Labute approximate surface area is 98.5 Å². The molecule has 1 aromatic rings. The number of benzene rings is 1. The molecule has 5 heteroatoms. The fourth-order valence-electron chi connectivity index (χ4n) is 1.58. The zero-order chi connectivity index (χ0) is 13.0. The number of halogens is 1. The van der Waals surface area contributed by atoms with E-state index in [1.807, 2.05) is 0 Å². The van der Waals surface area contributed by atoms with Gasteiger partial charge >= 0.3 is 5.97 Å². The third kappa shape index (κ3) is 3.55. The Balaban J connectivity index is 2.91. The zero-order valence-electron chi connectivity index (χ0n) is 9.61. The van der Waals surface area contributed by atoms with E-state index in [1.54, 1.807) is 6.92 Å². The lowest BCUT2D eigenvalue weighted by Gasteiger charge is -2.21. The lowest BCUT2D eigenvalue weighted by molar-refractivity contribution is -0.142. The highest BCUT2D eigenvalue weighted by atomic mass is 19.1. The van der Waals surface area contributed by atoms with Gasteiger partial charge in [0.15, 0.2) is 0 Å². The number of rotatable bonds is 4. The lowest BCUT2D eigenvalue weighted by Crippen LogP contribution is -2.43. The van der Waals surface area contributed by atoms with Crippen molar-refractivity contribution in [3.8, 4) is 0 Å². The van der Waals surface area contributed by atoms with Crippen LogP contribution < -0.4 is 5.32 Å². The summed E-state index contributed by atoms with van der Waals surface area (Å²) in [5, 5.41) is 11.4. The quantitative estimate of drug-likeness (QED) is 0.837. The van der Waals surface area contributed by atoms with Gasteiger partial charge in [-0.3, -0.25) is 4.79 Å². The summed E-state index contributed by atoms with van der Waals surface area (Å²) in [4.78, 5) is 21.9. The molecular weight excluding hydrogens is 225 g/mol. The molecule has 0 aromatic heterocycles. The van der Waals surface area contributed by atoms with Crippen LogP contribution in [-0.4, -0.2) is 23.0 Å². The van der Waals surface area contributed by atoms with Crippen LogP contribution in [0.2, 0.25) is 0 Å². The number of hydrogen-bond acceptors (Lipinski definition) is 2. The van der Waals surface area contributed by atoms with Crippen LogP contribution >= 0.6 is 0 Å². The summed E-state index contributed by atoms with van der Waals surface area (Å²) in [6, 6.07) is 4.53. The van der Waals surface area contributed by atoms with Crippen molar-refractivity contribution in [3.63, 3.8) is 0 Å². The number of carbonyl (C=O) groups is 2. The fourth-order valence-corrected chi connectivity index (χ4v) is 1.58. The van der Waals surface area contributed by atoms with E-state index in [0.29, 0.717) is 5.56 Å². The number of hydrogen-bond donors (Lipinski definition) is 2. The molecule has 2 atom stereocenters. The highest BCUT2D eigenvalue weighted by molar-refractivity contribution is 5.83. The molecule has 4 nitrogen and oxygen atoms in total. The molecule has 0 aliphatic rings. The lowest BCUT2D eigenvalue weighted by atomic mass is 9.93. The molecular formula is C12H14FNO3. The average molecular weight is 239 g/mol. The van der Waals surface area contributed by atoms with Crippen LogP contribution in [0.4, 0.5) is 4.39 Å². The smallest absolute Gasteiger partial charge is 0.326 e. The Bertz CT molecular complexity index is 416. The molecule has 1 rings (SSSR count). The van der Waals surface area contributed by atoms with Gasteiger partial charge in [0, 0.05) is 12.8 Å². The van der Waals surface area contributed by atoms with Crippen molar-refractivity contribution in [1.82, 2.24) is 5.32 Å². The number of carboxylic acid groups (broad SMARTS) is 1. The number of carbonyl (C=O) groups excluding carboxylic acids is 1. The van der Waals surface area contributed by atoms with Crippen LogP contribution in [0.15, 0.2) is 24.3 Å². The second-order valence-electron chi connectivity index (χ2n) is 3.86. The molecule has 17 heavy (non-hydrogen) atoms. The van der Waals surface area contributed by atoms with E-state index in [0.717, 1.165) is 0 Å². The number of nitrogens with one attached hydrogen (secondary N) is 1. The van der Waals surface area contributed by atoms with Gasteiger partial charge in [-0.1, -0.05) is 19.1 Å². The van der Waals surface area contributed by atoms with Gasteiger partial charge in [0.25, 0.3) is 0 Å². The number of amides is 1. The average Bonchev–Trinajstić information content (AvgIpc) is 2.25. The molecule has 92 valence electrons. The third-order valence-electron chi connectivity index (χ3n) is 2.52. The van der Waals surface area contributed by atoms with Gasteiger partial charge in [-0.25, -0.2) is 9.18 Å². The van der Waals surface area contributed by atoms with E-state index < -0.39 is 23.8 Å². The molecule has 0 bridgehead atoms. The minimum atomic E-state index is -1.11. The first-order valence-electron chi connectivity index (χ1n) is 5.17. The Hall–Kier alpha value is -1.91. The van der Waals surface area contributed by atoms with Gasteiger partial charge < -0.3 is 10.4 Å². The normalized spacial score (nSPS) is 13.8. The van der Waals surface area contributed by atoms with Crippen molar-refractivity contribution in [2.24, 2.45) is 0 Å². The molecule has 0 radical (unpaired) electrons. The van der Waals surface area contributed by atoms with Crippen LogP contribution in [0.3, 0.4) is 0 Å². The minimum absolute atomic E-state index is 0.382. The summed E-state index contributed by atoms with van der Waals surface area (Å²) in [6.07, 6.45) is 0. The van der Waals surface area contributed by atoms with Gasteiger partial charge in [-0.15, -0.1) is 0 Å². The molecule has 0 spiro atoms. The van der Waals surface area contributed by atoms with Gasteiger partial charge in [-0.05, 0) is 17.7 Å². The summed E-state index contributed by atoms with van der Waals surface area (Å²) < 4.78 is 12.7. The molecule has 1 aromatic carbocycles. The fraction of sp³-hybridized carbons (Fsp3) is 0.333. The molecule has 0 fully saturated rings. The topological polar surface area (TPSA) is 66.4 Å². The van der Waals surface area contributed by atoms with E-state index in [1.165, 1.54) is 31.2 Å². The summed E-state index contributed by atoms with van der Waals surface area (Å²) in [5.74, 6) is -2.34. The number of carboxylic acids is 1. The van der Waals surface area contributed by atoms with Crippen LogP contribution in [0.1, 0.15) is 25.3 Å². The van der Waals surface area contributed by atoms with Gasteiger partial charge in [0.1, 0.15) is 11.9 Å². The largest absolute Gasteiger partial charge is 0.480 e. The maximum atomic E-state index is 12.7. The molecule has 0 heterocycles. The maximum absolute atomic E-state index is 12.7. The standard InChI is InChI=1S/C12H14FNO3/c1-7(9-3-5-10(13)6-4-9)11(12(16)17)14-8(2)15/h3-7,11H,1-2H3,(H,14,15)(H,16,17)/t7-,11-/m0/s1. The summed E-state index contributed by atoms with van der Waals surface area (Å²) in [5.41, 5.74) is 0.660. The minimum Gasteiger partial charge on any atom is -0.480 e. The molecule has 1 amide bonds. The van der Waals surface area contributed by atoms with Gasteiger partial charge in [-0.2, -0.15) is 0 Å². The van der Waals surface area contributed by atoms with E-state index >= 15 is 0 Å². The van der Waals surface area contributed by atoms with Crippen molar-refractivity contribution < 1.29 is 19.1 Å². The molecule has 0 unspecified atom stereocenters. The molecule has 0 aliphatic heterocycles. The zero-order valence-corrected chi connectivity index (χ0v) is 9.61. The summed E-state index contributed by atoms with van der Waals surface area (Å²) >= 11 is 0. The number of aliphatic carboxylic acids is 1. The van der Waals surface area contributed by atoms with Crippen LogP contribution in [-0.2, 0) is 9.59 Å². The van der Waals surface area contributed by atoms with E-state index in [-0.39, 0.29) is 5.82 Å². The monoisotopic (exact) mass is 239 g/mol. The Kier molecular flexibility index (Phi) is 4.20. The first kappa shape index (κ1) is 13.2. The van der Waals surface area contributed by atoms with Gasteiger partial charge in [0.05, 0.1) is 0 Å². The maximum Gasteiger partial charge on any atom is 0.326 e. The van der Waals surface area contributed by atoms with Crippen molar-refractivity contribution in [2.45, 2.75) is 25.8 Å². The second-order valence-corrected chi connectivity index (χ2v) is 3.86. The van der Waals surface area contributed by atoms with E-state index in [9.17, 15) is 14.0 Å². The van der Waals surface area contributed by atoms with Crippen LogP contribution in [0.25, 0.3) is 0 Å². The van der Waals surface area contributed by atoms with Crippen molar-refractivity contribution in [1.29, 1.82) is 0 Å². The predicted molar refractivity (Wildman–Crippen MR) is 60.1 cm³/mol.